The van der Waals surface area contributed by atoms with E-state index in [0.717, 1.165) is 27.2 Å². The lowest BCUT2D eigenvalue weighted by Gasteiger charge is -2.09. The van der Waals surface area contributed by atoms with Gasteiger partial charge in [-0.1, -0.05) is 12.1 Å². The Hall–Kier alpha value is -1.94. The minimum atomic E-state index is 0.648. The molecule has 0 N–H and O–H groups in total. The van der Waals surface area contributed by atoms with Gasteiger partial charge in [0.25, 0.3) is 0 Å². The van der Waals surface area contributed by atoms with Crippen LogP contribution in [0, 0.1) is 6.92 Å². The van der Waals surface area contributed by atoms with E-state index >= 15 is 0 Å². The first-order valence-electron chi connectivity index (χ1n) is 6.22. The lowest BCUT2D eigenvalue weighted by Crippen LogP contribution is -1.95. The fourth-order valence-corrected chi connectivity index (χ4v) is 3.11. The average molecular weight is 270 g/mol. The van der Waals surface area contributed by atoms with Crippen LogP contribution in [0.5, 0.6) is 5.75 Å². The third-order valence-corrected chi connectivity index (χ3v) is 4.07. The summed E-state index contributed by atoms with van der Waals surface area (Å²) in [7, 11) is 0. The van der Waals surface area contributed by atoms with Gasteiger partial charge in [0, 0.05) is 5.56 Å². The van der Waals surface area contributed by atoms with Crippen LogP contribution in [0.25, 0.3) is 21.5 Å². The zero-order valence-electron chi connectivity index (χ0n) is 10.9. The van der Waals surface area contributed by atoms with Crippen LogP contribution in [0.1, 0.15) is 12.5 Å². The summed E-state index contributed by atoms with van der Waals surface area (Å²) in [5.74, 6) is 0.871. The van der Waals surface area contributed by atoms with Crippen LogP contribution in [0.4, 0.5) is 0 Å². The zero-order valence-corrected chi connectivity index (χ0v) is 11.7. The SMILES string of the molecule is CCOc1ccccc1-c1ncnc2c(C)csc12. The molecule has 0 atom stereocenters. The zero-order chi connectivity index (χ0) is 13.2. The third kappa shape index (κ3) is 2.08. The van der Waals surface area contributed by atoms with Crippen molar-refractivity contribution in [1.82, 2.24) is 9.97 Å². The molecule has 0 aliphatic heterocycles. The van der Waals surface area contributed by atoms with Crippen molar-refractivity contribution in [3.63, 3.8) is 0 Å². The number of aromatic nitrogens is 2. The van der Waals surface area contributed by atoms with Crippen molar-refractivity contribution in [2.75, 3.05) is 6.61 Å². The van der Waals surface area contributed by atoms with Crippen molar-refractivity contribution in [2.24, 2.45) is 0 Å². The number of hydrogen-bond acceptors (Lipinski definition) is 4. The first-order chi connectivity index (χ1) is 9.31. The molecule has 2 aromatic heterocycles. The van der Waals surface area contributed by atoms with Crippen molar-refractivity contribution >= 4 is 21.6 Å². The first-order valence-corrected chi connectivity index (χ1v) is 7.10. The van der Waals surface area contributed by atoms with Crippen molar-refractivity contribution in [2.45, 2.75) is 13.8 Å². The molecular weight excluding hydrogens is 256 g/mol. The number of fused-ring (bicyclic) bond motifs is 1. The third-order valence-electron chi connectivity index (χ3n) is 2.97. The van der Waals surface area contributed by atoms with E-state index in [4.69, 9.17) is 4.74 Å². The molecule has 0 spiro atoms. The molecular formula is C15H14N2OS. The van der Waals surface area contributed by atoms with Crippen LogP contribution in [0.15, 0.2) is 36.0 Å². The predicted molar refractivity (Wildman–Crippen MR) is 78.8 cm³/mol. The molecule has 3 rings (SSSR count). The van der Waals surface area contributed by atoms with E-state index in [1.165, 1.54) is 5.56 Å². The number of para-hydroxylation sites is 1. The summed E-state index contributed by atoms with van der Waals surface area (Å²) >= 11 is 1.68. The van der Waals surface area contributed by atoms with Gasteiger partial charge in [-0.15, -0.1) is 11.3 Å². The van der Waals surface area contributed by atoms with Gasteiger partial charge in [0.15, 0.2) is 0 Å². The molecule has 4 heteroatoms. The predicted octanol–water partition coefficient (Wildman–Crippen LogP) is 4.07. The monoisotopic (exact) mass is 270 g/mol. The Bertz CT molecular complexity index is 721. The first kappa shape index (κ1) is 12.1. The maximum atomic E-state index is 5.69. The summed E-state index contributed by atoms with van der Waals surface area (Å²) in [4.78, 5) is 8.81. The van der Waals surface area contributed by atoms with Gasteiger partial charge in [0.05, 0.1) is 22.5 Å². The summed E-state index contributed by atoms with van der Waals surface area (Å²) < 4.78 is 6.81. The van der Waals surface area contributed by atoms with Gasteiger partial charge >= 0.3 is 0 Å². The van der Waals surface area contributed by atoms with E-state index in [9.17, 15) is 0 Å². The topological polar surface area (TPSA) is 35.0 Å². The van der Waals surface area contributed by atoms with Crippen molar-refractivity contribution < 1.29 is 4.74 Å². The second-order valence-corrected chi connectivity index (χ2v) is 5.13. The highest BCUT2D eigenvalue weighted by atomic mass is 32.1. The Morgan fingerprint density at radius 1 is 1.21 bits per heavy atom. The molecule has 3 nitrogen and oxygen atoms in total. The Balaban J connectivity index is 2.24. The normalized spacial score (nSPS) is 10.8. The fraction of sp³-hybridized carbons (Fsp3) is 0.200. The maximum Gasteiger partial charge on any atom is 0.128 e. The number of ether oxygens (including phenoxy) is 1. The van der Waals surface area contributed by atoms with Crippen LogP contribution in [0.2, 0.25) is 0 Å². The summed E-state index contributed by atoms with van der Waals surface area (Å²) in [6.07, 6.45) is 1.63. The second-order valence-electron chi connectivity index (χ2n) is 4.25. The van der Waals surface area contributed by atoms with E-state index in [2.05, 4.69) is 22.3 Å². The largest absolute Gasteiger partial charge is 0.493 e. The van der Waals surface area contributed by atoms with Crippen LogP contribution >= 0.6 is 11.3 Å². The van der Waals surface area contributed by atoms with Crippen molar-refractivity contribution in [3.8, 4) is 17.0 Å². The highest BCUT2D eigenvalue weighted by Gasteiger charge is 2.13. The molecule has 19 heavy (non-hydrogen) atoms. The molecule has 0 unspecified atom stereocenters. The molecule has 96 valence electrons. The summed E-state index contributed by atoms with van der Waals surface area (Å²) in [6, 6.07) is 8.01. The minimum Gasteiger partial charge on any atom is -0.493 e. The van der Waals surface area contributed by atoms with Gasteiger partial charge < -0.3 is 4.74 Å². The van der Waals surface area contributed by atoms with Crippen LogP contribution < -0.4 is 4.74 Å². The van der Waals surface area contributed by atoms with Crippen molar-refractivity contribution in [1.29, 1.82) is 0 Å². The van der Waals surface area contributed by atoms with Crippen molar-refractivity contribution in [3.05, 3.63) is 41.5 Å². The Kier molecular flexibility index (Phi) is 3.17. The Labute approximate surface area is 115 Å². The van der Waals surface area contributed by atoms with Gasteiger partial charge in [-0.3, -0.25) is 0 Å². The number of rotatable bonds is 3. The van der Waals surface area contributed by atoms with Crippen LogP contribution in [0.3, 0.4) is 0 Å². The molecule has 0 saturated heterocycles. The molecule has 0 aliphatic carbocycles. The highest BCUT2D eigenvalue weighted by Crippen LogP contribution is 2.36. The highest BCUT2D eigenvalue weighted by molar-refractivity contribution is 7.17. The van der Waals surface area contributed by atoms with Crippen LogP contribution in [-0.4, -0.2) is 16.6 Å². The lowest BCUT2D eigenvalue weighted by molar-refractivity contribution is 0.341. The van der Waals surface area contributed by atoms with Gasteiger partial charge in [-0.05, 0) is 36.9 Å². The smallest absolute Gasteiger partial charge is 0.128 e. The lowest BCUT2D eigenvalue weighted by atomic mass is 10.1. The van der Waals surface area contributed by atoms with E-state index in [-0.39, 0.29) is 0 Å². The standard InChI is InChI=1S/C15H14N2OS/c1-3-18-12-7-5-4-6-11(12)14-15-13(16-9-17-14)10(2)8-19-15/h4-9H,3H2,1-2H3. The molecule has 3 aromatic rings. The van der Waals surface area contributed by atoms with E-state index in [0.29, 0.717) is 6.61 Å². The van der Waals surface area contributed by atoms with Gasteiger partial charge in [-0.25, -0.2) is 9.97 Å². The van der Waals surface area contributed by atoms with E-state index < -0.39 is 0 Å². The molecule has 0 radical (unpaired) electrons. The molecule has 0 saturated carbocycles. The second kappa shape index (κ2) is 4.97. The van der Waals surface area contributed by atoms with Crippen LogP contribution in [-0.2, 0) is 0 Å². The maximum absolute atomic E-state index is 5.69. The molecule has 0 aliphatic rings. The van der Waals surface area contributed by atoms with Gasteiger partial charge in [-0.2, -0.15) is 0 Å². The minimum absolute atomic E-state index is 0.648. The number of thiophene rings is 1. The molecule has 2 heterocycles. The number of nitrogens with zero attached hydrogens (tertiary/aromatic N) is 2. The number of hydrogen-bond donors (Lipinski definition) is 0. The number of aryl methyl sites for hydroxylation is 1. The Morgan fingerprint density at radius 2 is 2.05 bits per heavy atom. The fourth-order valence-electron chi connectivity index (χ4n) is 2.10. The molecule has 1 aromatic carbocycles. The molecule has 0 amide bonds. The average Bonchev–Trinajstić information content (AvgIpc) is 2.82. The molecule has 0 fully saturated rings. The molecule has 0 bridgehead atoms. The summed E-state index contributed by atoms with van der Waals surface area (Å²) in [5.41, 5.74) is 4.20. The summed E-state index contributed by atoms with van der Waals surface area (Å²) in [6.45, 7) is 4.71. The van der Waals surface area contributed by atoms with E-state index in [1.54, 1.807) is 17.7 Å². The van der Waals surface area contributed by atoms with E-state index in [1.807, 2.05) is 31.2 Å². The van der Waals surface area contributed by atoms with Gasteiger partial charge in [0.1, 0.15) is 12.1 Å². The quantitative estimate of drug-likeness (QED) is 0.719. The number of benzene rings is 1. The Morgan fingerprint density at radius 3 is 2.89 bits per heavy atom. The van der Waals surface area contributed by atoms with Gasteiger partial charge in [0.2, 0.25) is 0 Å². The summed E-state index contributed by atoms with van der Waals surface area (Å²) in [5, 5.41) is 2.12.